The van der Waals surface area contributed by atoms with E-state index in [0.29, 0.717) is 30.2 Å². The van der Waals surface area contributed by atoms with Gasteiger partial charge in [-0.1, -0.05) is 39.0 Å². The maximum Gasteiger partial charge on any atom is 0.341 e. The Balaban J connectivity index is 2.45. The second-order valence-electron chi connectivity index (χ2n) is 5.09. The maximum atomic E-state index is 11.8. The van der Waals surface area contributed by atoms with E-state index in [-0.39, 0.29) is 5.97 Å². The third-order valence-electron chi connectivity index (χ3n) is 3.26. The lowest BCUT2D eigenvalue weighted by atomic mass is 10.1. The maximum absolute atomic E-state index is 11.8. The van der Waals surface area contributed by atoms with Crippen LogP contribution in [0.2, 0.25) is 0 Å². The number of carbonyl (C=O) groups excluding carboxylic acids is 1. The molecule has 118 valence electrons. The van der Waals surface area contributed by atoms with E-state index in [1.165, 1.54) is 25.7 Å². The Labute approximate surface area is 127 Å². The van der Waals surface area contributed by atoms with Crippen molar-refractivity contribution < 1.29 is 14.3 Å². The molecule has 0 aliphatic heterocycles. The molecule has 1 aromatic carbocycles. The molecule has 0 saturated carbocycles. The van der Waals surface area contributed by atoms with E-state index in [1.54, 1.807) is 25.1 Å². The topological polar surface area (TPSA) is 61.5 Å². The molecule has 21 heavy (non-hydrogen) atoms. The van der Waals surface area contributed by atoms with Crippen molar-refractivity contribution in [3.05, 3.63) is 23.8 Å². The molecule has 4 heteroatoms. The van der Waals surface area contributed by atoms with Crippen LogP contribution in [0, 0.1) is 0 Å². The standard InChI is InChI=1S/C17H27NO3/c1-3-5-6-7-8-9-12-21-16-13-14(18)10-11-15(16)17(19)20-4-2/h10-11,13H,3-9,12,18H2,1-2H3. The van der Waals surface area contributed by atoms with Gasteiger partial charge in [-0.2, -0.15) is 0 Å². The lowest BCUT2D eigenvalue weighted by Gasteiger charge is -2.11. The number of carbonyl (C=O) groups is 1. The van der Waals surface area contributed by atoms with E-state index < -0.39 is 0 Å². The monoisotopic (exact) mass is 293 g/mol. The molecule has 4 nitrogen and oxygen atoms in total. The van der Waals surface area contributed by atoms with E-state index in [2.05, 4.69) is 6.92 Å². The van der Waals surface area contributed by atoms with Crippen LogP contribution in [0.3, 0.4) is 0 Å². The van der Waals surface area contributed by atoms with Gasteiger partial charge >= 0.3 is 5.97 Å². The van der Waals surface area contributed by atoms with Crippen molar-refractivity contribution in [3.8, 4) is 5.75 Å². The summed E-state index contributed by atoms with van der Waals surface area (Å²) >= 11 is 0. The molecule has 0 bridgehead atoms. The molecule has 0 aliphatic carbocycles. The van der Waals surface area contributed by atoms with Gasteiger partial charge in [0, 0.05) is 11.8 Å². The van der Waals surface area contributed by atoms with Gasteiger partial charge in [-0.25, -0.2) is 4.79 Å². The minimum Gasteiger partial charge on any atom is -0.493 e. The van der Waals surface area contributed by atoms with Gasteiger partial charge in [0.25, 0.3) is 0 Å². The first kappa shape index (κ1) is 17.3. The Kier molecular flexibility index (Phi) is 8.32. The second kappa shape index (κ2) is 10.1. The number of anilines is 1. The highest BCUT2D eigenvalue weighted by atomic mass is 16.5. The van der Waals surface area contributed by atoms with Crippen molar-refractivity contribution in [2.45, 2.75) is 52.4 Å². The molecule has 0 fully saturated rings. The SMILES string of the molecule is CCCCCCCCOc1cc(N)ccc1C(=O)OCC. The summed E-state index contributed by atoms with van der Waals surface area (Å²) in [5.41, 5.74) is 6.78. The van der Waals surface area contributed by atoms with Gasteiger partial charge in [-0.3, -0.25) is 0 Å². The Bertz CT molecular complexity index is 432. The molecule has 0 unspecified atom stereocenters. The molecule has 2 N–H and O–H groups in total. The number of hydrogen-bond acceptors (Lipinski definition) is 4. The molecule has 0 aliphatic rings. The minimum atomic E-state index is -0.365. The summed E-state index contributed by atoms with van der Waals surface area (Å²) in [7, 11) is 0. The lowest BCUT2D eigenvalue weighted by molar-refractivity contribution is 0.0521. The van der Waals surface area contributed by atoms with E-state index >= 15 is 0 Å². The number of hydrogen-bond donors (Lipinski definition) is 1. The lowest BCUT2D eigenvalue weighted by Crippen LogP contribution is -2.09. The Morgan fingerprint density at radius 3 is 2.52 bits per heavy atom. The number of benzene rings is 1. The van der Waals surface area contributed by atoms with Crippen LogP contribution in [-0.2, 0) is 4.74 Å². The van der Waals surface area contributed by atoms with Crippen LogP contribution in [0.5, 0.6) is 5.75 Å². The Morgan fingerprint density at radius 2 is 1.81 bits per heavy atom. The summed E-state index contributed by atoms with van der Waals surface area (Å²) in [5.74, 6) is 0.150. The molecule has 0 atom stereocenters. The van der Waals surface area contributed by atoms with Gasteiger partial charge < -0.3 is 15.2 Å². The first-order valence-electron chi connectivity index (χ1n) is 7.88. The van der Waals surface area contributed by atoms with Gasteiger partial charge in [0.1, 0.15) is 11.3 Å². The van der Waals surface area contributed by atoms with Crippen LogP contribution in [-0.4, -0.2) is 19.2 Å². The first-order valence-corrected chi connectivity index (χ1v) is 7.88. The van der Waals surface area contributed by atoms with Crippen molar-refractivity contribution in [3.63, 3.8) is 0 Å². The zero-order valence-corrected chi connectivity index (χ0v) is 13.2. The molecule has 0 heterocycles. The fourth-order valence-corrected chi connectivity index (χ4v) is 2.10. The number of nitrogen functional groups attached to an aromatic ring is 1. The number of ether oxygens (including phenoxy) is 2. The number of unbranched alkanes of at least 4 members (excludes halogenated alkanes) is 5. The van der Waals surface area contributed by atoms with Crippen molar-refractivity contribution in [1.82, 2.24) is 0 Å². The molecule has 0 radical (unpaired) electrons. The zero-order chi connectivity index (χ0) is 15.5. The summed E-state index contributed by atoms with van der Waals surface area (Å²) in [6.45, 7) is 4.94. The van der Waals surface area contributed by atoms with Crippen LogP contribution >= 0.6 is 0 Å². The predicted octanol–water partition coefficient (Wildman–Crippen LogP) is 4.18. The van der Waals surface area contributed by atoms with Gasteiger partial charge in [0.05, 0.1) is 13.2 Å². The van der Waals surface area contributed by atoms with E-state index in [9.17, 15) is 4.79 Å². The van der Waals surface area contributed by atoms with Gasteiger partial charge in [0.15, 0.2) is 0 Å². The van der Waals surface area contributed by atoms with E-state index in [1.807, 2.05) is 0 Å². The average molecular weight is 293 g/mol. The molecular weight excluding hydrogens is 266 g/mol. The summed E-state index contributed by atoms with van der Waals surface area (Å²) in [6, 6.07) is 5.02. The number of nitrogens with two attached hydrogens (primary N) is 1. The van der Waals surface area contributed by atoms with Gasteiger partial charge in [-0.15, -0.1) is 0 Å². The molecule has 1 rings (SSSR count). The molecule has 0 spiro atoms. The molecular formula is C17H27NO3. The summed E-state index contributed by atoms with van der Waals surface area (Å²) < 4.78 is 10.7. The van der Waals surface area contributed by atoms with Crippen LogP contribution in [0.15, 0.2) is 18.2 Å². The fraction of sp³-hybridized carbons (Fsp3) is 0.588. The Morgan fingerprint density at radius 1 is 1.10 bits per heavy atom. The van der Waals surface area contributed by atoms with Crippen LogP contribution in [0.25, 0.3) is 0 Å². The third-order valence-corrected chi connectivity index (χ3v) is 3.26. The highest BCUT2D eigenvalue weighted by Gasteiger charge is 2.13. The smallest absolute Gasteiger partial charge is 0.341 e. The molecule has 1 aromatic rings. The van der Waals surface area contributed by atoms with Crippen molar-refractivity contribution >= 4 is 11.7 Å². The third kappa shape index (κ3) is 6.52. The van der Waals surface area contributed by atoms with Gasteiger partial charge in [0.2, 0.25) is 0 Å². The predicted molar refractivity (Wildman–Crippen MR) is 85.7 cm³/mol. The Hall–Kier alpha value is -1.71. The van der Waals surface area contributed by atoms with E-state index in [0.717, 1.165) is 12.8 Å². The van der Waals surface area contributed by atoms with E-state index in [4.69, 9.17) is 15.2 Å². The van der Waals surface area contributed by atoms with Crippen molar-refractivity contribution in [2.24, 2.45) is 0 Å². The zero-order valence-electron chi connectivity index (χ0n) is 13.2. The average Bonchev–Trinajstić information content (AvgIpc) is 2.46. The van der Waals surface area contributed by atoms with Crippen LogP contribution in [0.1, 0.15) is 62.7 Å². The molecule has 0 saturated heterocycles. The largest absolute Gasteiger partial charge is 0.493 e. The van der Waals surface area contributed by atoms with Crippen LogP contribution in [0.4, 0.5) is 5.69 Å². The molecule has 0 aromatic heterocycles. The van der Waals surface area contributed by atoms with Crippen molar-refractivity contribution in [1.29, 1.82) is 0 Å². The fourth-order valence-electron chi connectivity index (χ4n) is 2.10. The minimum absolute atomic E-state index is 0.347. The summed E-state index contributed by atoms with van der Waals surface area (Å²) in [4.78, 5) is 11.8. The second-order valence-corrected chi connectivity index (χ2v) is 5.09. The number of rotatable bonds is 10. The normalized spacial score (nSPS) is 10.4. The summed E-state index contributed by atoms with van der Waals surface area (Å²) in [6.07, 6.45) is 7.20. The summed E-state index contributed by atoms with van der Waals surface area (Å²) in [5, 5.41) is 0. The quantitative estimate of drug-likeness (QED) is 0.399. The first-order chi connectivity index (χ1) is 10.2. The molecule has 0 amide bonds. The van der Waals surface area contributed by atoms with Gasteiger partial charge in [-0.05, 0) is 25.5 Å². The number of esters is 1. The highest BCUT2D eigenvalue weighted by Crippen LogP contribution is 2.23. The highest BCUT2D eigenvalue weighted by molar-refractivity contribution is 5.93. The van der Waals surface area contributed by atoms with Crippen molar-refractivity contribution in [2.75, 3.05) is 18.9 Å². The van der Waals surface area contributed by atoms with Crippen LogP contribution < -0.4 is 10.5 Å².